The summed E-state index contributed by atoms with van der Waals surface area (Å²) < 4.78 is 24.6. The normalized spacial score (nSPS) is 35.5. The molecule has 0 bridgehead atoms. The first-order valence-electron chi connectivity index (χ1n) is 6.63. The Morgan fingerprint density at radius 2 is 2.06 bits per heavy atom. The van der Waals surface area contributed by atoms with Crippen molar-refractivity contribution in [2.75, 3.05) is 25.9 Å². The number of nitrogens with one attached hydrogen (secondary N) is 1. The molecule has 1 unspecified atom stereocenters. The van der Waals surface area contributed by atoms with Gasteiger partial charge in [-0.1, -0.05) is 6.92 Å². The average Bonchev–Trinajstić information content (AvgIpc) is 2.22. The molecule has 5 heteroatoms. The van der Waals surface area contributed by atoms with Crippen molar-refractivity contribution in [3.8, 4) is 0 Å². The van der Waals surface area contributed by atoms with Crippen molar-refractivity contribution in [2.45, 2.75) is 38.6 Å². The average molecular weight is 260 g/mol. The van der Waals surface area contributed by atoms with Crippen LogP contribution in [0.3, 0.4) is 0 Å². The van der Waals surface area contributed by atoms with E-state index in [4.69, 9.17) is 0 Å². The second kappa shape index (κ2) is 5.24. The van der Waals surface area contributed by atoms with Crippen LogP contribution in [0.2, 0.25) is 0 Å². The van der Waals surface area contributed by atoms with Gasteiger partial charge in [0.2, 0.25) is 10.0 Å². The van der Waals surface area contributed by atoms with Crippen molar-refractivity contribution < 1.29 is 8.42 Å². The van der Waals surface area contributed by atoms with Crippen LogP contribution in [0.5, 0.6) is 0 Å². The lowest BCUT2D eigenvalue weighted by molar-refractivity contribution is 0.206. The number of piperidine rings is 1. The Balaban J connectivity index is 1.74. The van der Waals surface area contributed by atoms with Gasteiger partial charge < -0.3 is 5.32 Å². The van der Waals surface area contributed by atoms with E-state index in [9.17, 15) is 8.42 Å². The molecule has 0 spiro atoms. The number of rotatable bonds is 4. The van der Waals surface area contributed by atoms with E-state index in [1.165, 1.54) is 19.1 Å². The maximum absolute atomic E-state index is 11.5. The predicted molar refractivity (Wildman–Crippen MR) is 69.3 cm³/mol. The molecular weight excluding hydrogens is 236 g/mol. The summed E-state index contributed by atoms with van der Waals surface area (Å²) in [6.07, 6.45) is 6.03. The van der Waals surface area contributed by atoms with Crippen molar-refractivity contribution in [3.05, 3.63) is 0 Å². The summed E-state index contributed by atoms with van der Waals surface area (Å²) in [5.41, 5.74) is 0. The van der Waals surface area contributed by atoms with Gasteiger partial charge in [-0.3, -0.25) is 0 Å². The lowest BCUT2D eigenvalue weighted by atomic mass is 9.81. The molecule has 1 atom stereocenters. The Kier molecular flexibility index (Phi) is 4.10. The van der Waals surface area contributed by atoms with Crippen LogP contribution >= 0.6 is 0 Å². The van der Waals surface area contributed by atoms with Crippen LogP contribution in [0.4, 0.5) is 0 Å². The molecule has 1 N–H and O–H groups in total. The van der Waals surface area contributed by atoms with Crippen LogP contribution < -0.4 is 5.32 Å². The standard InChI is InChI=1S/C12H24N2O2S/c1-10-6-12(7-10)13-8-11-4-3-5-14(9-11)17(2,15)16/h10-13H,3-9H2,1-2H3. The SMILES string of the molecule is CC1CC(NCC2CCCN(S(C)(=O)=O)C2)C1. The van der Waals surface area contributed by atoms with Gasteiger partial charge in [0.15, 0.2) is 0 Å². The zero-order chi connectivity index (χ0) is 12.5. The zero-order valence-electron chi connectivity index (χ0n) is 10.9. The fourth-order valence-corrected chi connectivity index (χ4v) is 3.84. The van der Waals surface area contributed by atoms with Crippen LogP contribution in [0.1, 0.15) is 32.6 Å². The van der Waals surface area contributed by atoms with Crippen molar-refractivity contribution in [1.29, 1.82) is 0 Å². The molecule has 2 rings (SSSR count). The van der Waals surface area contributed by atoms with Crippen molar-refractivity contribution in [1.82, 2.24) is 9.62 Å². The largest absolute Gasteiger partial charge is 0.314 e. The van der Waals surface area contributed by atoms with Gasteiger partial charge in [0.25, 0.3) is 0 Å². The van der Waals surface area contributed by atoms with Crippen molar-refractivity contribution >= 4 is 10.0 Å². The Labute approximate surface area is 105 Å². The van der Waals surface area contributed by atoms with Gasteiger partial charge in [-0.2, -0.15) is 0 Å². The Hall–Kier alpha value is -0.130. The molecule has 1 aliphatic carbocycles. The minimum Gasteiger partial charge on any atom is -0.314 e. The summed E-state index contributed by atoms with van der Waals surface area (Å²) in [4.78, 5) is 0. The molecule has 1 heterocycles. The topological polar surface area (TPSA) is 49.4 Å². The molecule has 0 radical (unpaired) electrons. The second-order valence-corrected chi connectivity index (χ2v) is 7.79. The van der Waals surface area contributed by atoms with E-state index in [2.05, 4.69) is 12.2 Å². The molecule has 1 saturated heterocycles. The highest BCUT2D eigenvalue weighted by molar-refractivity contribution is 7.88. The number of sulfonamides is 1. The molecule has 0 aromatic heterocycles. The van der Waals surface area contributed by atoms with Crippen LogP contribution in [-0.4, -0.2) is 44.7 Å². The predicted octanol–water partition coefficient (Wildman–Crippen LogP) is 1.05. The number of nitrogens with zero attached hydrogens (tertiary/aromatic N) is 1. The van der Waals surface area contributed by atoms with E-state index < -0.39 is 10.0 Å². The summed E-state index contributed by atoms with van der Waals surface area (Å²) in [6.45, 7) is 4.66. The lowest BCUT2D eigenvalue weighted by Crippen LogP contribution is -2.46. The van der Waals surface area contributed by atoms with Gasteiger partial charge in [0.1, 0.15) is 0 Å². The molecule has 1 aliphatic heterocycles. The smallest absolute Gasteiger partial charge is 0.211 e. The van der Waals surface area contributed by atoms with E-state index in [0.717, 1.165) is 25.3 Å². The number of hydrogen-bond acceptors (Lipinski definition) is 3. The van der Waals surface area contributed by atoms with Crippen LogP contribution in [-0.2, 0) is 10.0 Å². The fourth-order valence-electron chi connectivity index (χ4n) is 2.90. The van der Waals surface area contributed by atoms with Crippen LogP contribution in [0.25, 0.3) is 0 Å². The van der Waals surface area contributed by atoms with E-state index in [-0.39, 0.29) is 0 Å². The highest BCUT2D eigenvalue weighted by atomic mass is 32.2. The minimum absolute atomic E-state index is 0.495. The first kappa shape index (κ1) is 13.3. The molecule has 2 fully saturated rings. The van der Waals surface area contributed by atoms with Crippen LogP contribution in [0, 0.1) is 11.8 Å². The van der Waals surface area contributed by atoms with Crippen molar-refractivity contribution in [2.24, 2.45) is 11.8 Å². The van der Waals surface area contributed by atoms with E-state index in [1.807, 2.05) is 0 Å². The quantitative estimate of drug-likeness (QED) is 0.822. The van der Waals surface area contributed by atoms with Gasteiger partial charge in [-0.05, 0) is 44.1 Å². The molecule has 0 aromatic carbocycles. The third kappa shape index (κ3) is 3.66. The van der Waals surface area contributed by atoms with E-state index in [1.54, 1.807) is 4.31 Å². The van der Waals surface area contributed by atoms with E-state index in [0.29, 0.717) is 25.0 Å². The summed E-state index contributed by atoms with van der Waals surface area (Å²) in [5, 5.41) is 3.57. The van der Waals surface area contributed by atoms with Crippen molar-refractivity contribution in [3.63, 3.8) is 0 Å². The molecular formula is C12H24N2O2S. The summed E-state index contributed by atoms with van der Waals surface area (Å²) >= 11 is 0. The molecule has 100 valence electrons. The first-order chi connectivity index (χ1) is 7.95. The van der Waals surface area contributed by atoms with Crippen LogP contribution in [0.15, 0.2) is 0 Å². The Bertz CT molecular complexity index is 350. The molecule has 2 aliphatic rings. The highest BCUT2D eigenvalue weighted by Gasteiger charge is 2.28. The second-order valence-electron chi connectivity index (χ2n) is 5.81. The van der Waals surface area contributed by atoms with E-state index >= 15 is 0 Å². The number of hydrogen-bond donors (Lipinski definition) is 1. The summed E-state index contributed by atoms with van der Waals surface area (Å²) in [7, 11) is -2.99. The molecule has 1 saturated carbocycles. The molecule has 17 heavy (non-hydrogen) atoms. The molecule has 0 amide bonds. The molecule has 4 nitrogen and oxygen atoms in total. The van der Waals surface area contributed by atoms with Gasteiger partial charge >= 0.3 is 0 Å². The van der Waals surface area contributed by atoms with Gasteiger partial charge in [0, 0.05) is 19.1 Å². The monoisotopic (exact) mass is 260 g/mol. The third-order valence-corrected chi connectivity index (χ3v) is 5.29. The van der Waals surface area contributed by atoms with Gasteiger partial charge in [-0.15, -0.1) is 0 Å². The van der Waals surface area contributed by atoms with Gasteiger partial charge in [-0.25, -0.2) is 12.7 Å². The summed E-state index contributed by atoms with van der Waals surface area (Å²) in [5.74, 6) is 1.36. The molecule has 0 aromatic rings. The Morgan fingerprint density at radius 1 is 1.35 bits per heavy atom. The first-order valence-corrected chi connectivity index (χ1v) is 8.48. The Morgan fingerprint density at radius 3 is 2.65 bits per heavy atom. The maximum Gasteiger partial charge on any atom is 0.211 e. The lowest BCUT2D eigenvalue weighted by Gasteiger charge is -2.36. The van der Waals surface area contributed by atoms with Gasteiger partial charge in [0.05, 0.1) is 6.26 Å². The highest BCUT2D eigenvalue weighted by Crippen LogP contribution is 2.27. The fraction of sp³-hybridized carbons (Fsp3) is 1.00. The third-order valence-electron chi connectivity index (χ3n) is 4.02. The zero-order valence-corrected chi connectivity index (χ0v) is 11.7. The maximum atomic E-state index is 11.5. The minimum atomic E-state index is -2.99. The summed E-state index contributed by atoms with van der Waals surface area (Å²) in [6, 6.07) is 0.679.